The van der Waals surface area contributed by atoms with E-state index >= 15 is 0 Å². The smallest absolute Gasteiger partial charge is 0.125 e. The molecule has 0 fully saturated rings. The lowest BCUT2D eigenvalue weighted by Gasteiger charge is -2.25. The summed E-state index contributed by atoms with van der Waals surface area (Å²) in [7, 11) is 3.75. The van der Waals surface area contributed by atoms with Crippen LogP contribution in [0.5, 0.6) is 5.75 Å². The Morgan fingerprint density at radius 3 is 2.35 bits per heavy atom. The lowest BCUT2D eigenvalue weighted by molar-refractivity contribution is 0.392. The van der Waals surface area contributed by atoms with Gasteiger partial charge in [-0.25, -0.2) is 0 Å². The third kappa shape index (κ3) is 3.47. The second kappa shape index (κ2) is 5.54. The summed E-state index contributed by atoms with van der Waals surface area (Å²) in [6, 6.07) is 4.47. The Morgan fingerprint density at radius 2 is 1.88 bits per heavy atom. The minimum atomic E-state index is 0.117. The molecule has 0 atom stereocenters. The van der Waals surface area contributed by atoms with Crippen molar-refractivity contribution < 1.29 is 4.74 Å². The predicted octanol–water partition coefficient (Wildman–Crippen LogP) is 3.06. The van der Waals surface area contributed by atoms with Crippen LogP contribution in [0.15, 0.2) is 12.1 Å². The lowest BCUT2D eigenvalue weighted by atomic mass is 9.83. The van der Waals surface area contributed by atoms with Gasteiger partial charge in [-0.3, -0.25) is 0 Å². The number of hydrogen-bond donors (Lipinski definition) is 1. The van der Waals surface area contributed by atoms with Crippen LogP contribution in [0.2, 0.25) is 0 Å². The van der Waals surface area contributed by atoms with Gasteiger partial charge in [0.1, 0.15) is 5.75 Å². The number of ether oxygens (including phenoxy) is 1. The van der Waals surface area contributed by atoms with Crippen LogP contribution in [-0.2, 0) is 11.8 Å². The number of methoxy groups -OCH3 is 1. The summed E-state index contributed by atoms with van der Waals surface area (Å²) in [4.78, 5) is 0. The molecule has 0 amide bonds. The molecule has 0 aliphatic rings. The molecule has 96 valence electrons. The van der Waals surface area contributed by atoms with Crippen molar-refractivity contribution in [2.24, 2.45) is 0 Å². The van der Waals surface area contributed by atoms with Gasteiger partial charge in [-0.1, -0.05) is 38.5 Å². The maximum atomic E-state index is 5.63. The Balaban J connectivity index is 3.25. The van der Waals surface area contributed by atoms with E-state index in [1.54, 1.807) is 7.11 Å². The molecule has 0 spiro atoms. The second-order valence-electron chi connectivity index (χ2n) is 5.61. The number of benzene rings is 1. The average molecular weight is 235 g/mol. The standard InChI is InChI=1S/C15H25NO/c1-11-9-12(7-8-16-5)14(17-6)13(10-11)15(2,3)4/h9-10,16H,7-8H2,1-6H3. The van der Waals surface area contributed by atoms with E-state index in [0.717, 1.165) is 18.7 Å². The molecule has 1 rings (SSSR count). The van der Waals surface area contributed by atoms with Crippen molar-refractivity contribution in [2.75, 3.05) is 20.7 Å². The fourth-order valence-electron chi connectivity index (χ4n) is 2.09. The van der Waals surface area contributed by atoms with Crippen LogP contribution in [0, 0.1) is 6.92 Å². The molecular weight excluding hydrogens is 210 g/mol. The Bertz CT molecular complexity index is 377. The molecule has 0 radical (unpaired) electrons. The number of nitrogens with one attached hydrogen (secondary N) is 1. The van der Waals surface area contributed by atoms with E-state index in [4.69, 9.17) is 4.74 Å². The largest absolute Gasteiger partial charge is 0.496 e. The van der Waals surface area contributed by atoms with E-state index in [0.29, 0.717) is 0 Å². The monoisotopic (exact) mass is 235 g/mol. The van der Waals surface area contributed by atoms with Gasteiger partial charge in [0.15, 0.2) is 0 Å². The number of hydrogen-bond acceptors (Lipinski definition) is 2. The molecule has 0 heterocycles. The maximum absolute atomic E-state index is 5.63. The molecule has 0 aromatic heterocycles. The van der Waals surface area contributed by atoms with E-state index in [1.165, 1.54) is 16.7 Å². The highest BCUT2D eigenvalue weighted by Crippen LogP contribution is 2.35. The first-order valence-electron chi connectivity index (χ1n) is 6.22. The van der Waals surface area contributed by atoms with Gasteiger partial charge in [0.25, 0.3) is 0 Å². The highest BCUT2D eigenvalue weighted by atomic mass is 16.5. The van der Waals surface area contributed by atoms with Crippen molar-refractivity contribution in [3.05, 3.63) is 28.8 Å². The molecule has 2 heteroatoms. The molecule has 1 N–H and O–H groups in total. The minimum absolute atomic E-state index is 0.117. The van der Waals surface area contributed by atoms with Gasteiger partial charge in [-0.05, 0) is 37.9 Å². The molecule has 1 aromatic rings. The van der Waals surface area contributed by atoms with E-state index in [2.05, 4.69) is 45.1 Å². The Labute approximate surface area is 105 Å². The van der Waals surface area contributed by atoms with Crippen molar-refractivity contribution >= 4 is 0 Å². The molecule has 0 aliphatic heterocycles. The quantitative estimate of drug-likeness (QED) is 0.866. The van der Waals surface area contributed by atoms with Gasteiger partial charge in [-0.15, -0.1) is 0 Å². The zero-order valence-electron chi connectivity index (χ0n) is 12.0. The van der Waals surface area contributed by atoms with Crippen molar-refractivity contribution in [3.63, 3.8) is 0 Å². The average Bonchev–Trinajstić information content (AvgIpc) is 2.24. The highest BCUT2D eigenvalue weighted by Gasteiger charge is 2.21. The summed E-state index contributed by atoms with van der Waals surface area (Å²) in [5.74, 6) is 1.05. The van der Waals surface area contributed by atoms with Crippen molar-refractivity contribution in [2.45, 2.75) is 39.5 Å². The van der Waals surface area contributed by atoms with E-state index in [-0.39, 0.29) is 5.41 Å². The van der Waals surface area contributed by atoms with Gasteiger partial charge in [0, 0.05) is 5.56 Å². The number of rotatable bonds is 4. The molecule has 1 aromatic carbocycles. The van der Waals surface area contributed by atoms with Gasteiger partial charge >= 0.3 is 0 Å². The van der Waals surface area contributed by atoms with E-state index in [1.807, 2.05) is 7.05 Å². The summed E-state index contributed by atoms with van der Waals surface area (Å²) in [5, 5.41) is 3.19. The first-order valence-corrected chi connectivity index (χ1v) is 6.22. The van der Waals surface area contributed by atoms with Crippen LogP contribution in [0.25, 0.3) is 0 Å². The SMILES string of the molecule is CNCCc1cc(C)cc(C(C)(C)C)c1OC. The Kier molecular flexibility index (Phi) is 4.58. The molecule has 2 nitrogen and oxygen atoms in total. The van der Waals surface area contributed by atoms with Crippen LogP contribution in [0.3, 0.4) is 0 Å². The van der Waals surface area contributed by atoms with Crippen LogP contribution in [-0.4, -0.2) is 20.7 Å². The van der Waals surface area contributed by atoms with Gasteiger partial charge in [0.2, 0.25) is 0 Å². The zero-order valence-corrected chi connectivity index (χ0v) is 12.0. The fourth-order valence-corrected chi connectivity index (χ4v) is 2.09. The molecular formula is C15H25NO. The van der Waals surface area contributed by atoms with Crippen LogP contribution >= 0.6 is 0 Å². The van der Waals surface area contributed by atoms with Gasteiger partial charge in [0.05, 0.1) is 7.11 Å². The third-order valence-corrected chi connectivity index (χ3v) is 2.97. The van der Waals surface area contributed by atoms with Crippen molar-refractivity contribution in [1.29, 1.82) is 0 Å². The number of likely N-dealkylation sites (N-methyl/N-ethyl adjacent to an activating group) is 1. The fraction of sp³-hybridized carbons (Fsp3) is 0.600. The maximum Gasteiger partial charge on any atom is 0.125 e. The summed E-state index contributed by atoms with van der Waals surface area (Å²) >= 11 is 0. The third-order valence-electron chi connectivity index (χ3n) is 2.97. The first kappa shape index (κ1) is 14.0. The first-order chi connectivity index (χ1) is 7.90. The summed E-state index contributed by atoms with van der Waals surface area (Å²) < 4.78 is 5.63. The molecule has 0 unspecified atom stereocenters. The Hall–Kier alpha value is -1.02. The van der Waals surface area contributed by atoms with E-state index < -0.39 is 0 Å². The number of aryl methyl sites for hydroxylation is 1. The van der Waals surface area contributed by atoms with Crippen molar-refractivity contribution in [3.8, 4) is 5.75 Å². The van der Waals surface area contributed by atoms with Crippen LogP contribution < -0.4 is 10.1 Å². The normalized spacial score (nSPS) is 11.6. The Morgan fingerprint density at radius 1 is 1.24 bits per heavy atom. The predicted molar refractivity (Wildman–Crippen MR) is 74.1 cm³/mol. The topological polar surface area (TPSA) is 21.3 Å². The molecule has 17 heavy (non-hydrogen) atoms. The summed E-state index contributed by atoms with van der Waals surface area (Å²) in [6.45, 7) is 9.81. The summed E-state index contributed by atoms with van der Waals surface area (Å²) in [5.41, 5.74) is 4.02. The van der Waals surface area contributed by atoms with Gasteiger partial charge in [-0.2, -0.15) is 0 Å². The van der Waals surface area contributed by atoms with Crippen LogP contribution in [0.1, 0.15) is 37.5 Å². The minimum Gasteiger partial charge on any atom is -0.496 e. The van der Waals surface area contributed by atoms with Crippen LogP contribution in [0.4, 0.5) is 0 Å². The molecule has 0 saturated heterocycles. The van der Waals surface area contributed by atoms with E-state index in [9.17, 15) is 0 Å². The lowest BCUT2D eigenvalue weighted by Crippen LogP contribution is -2.16. The molecule has 0 bridgehead atoms. The summed E-state index contributed by atoms with van der Waals surface area (Å²) in [6.07, 6.45) is 1.00. The molecule has 0 saturated carbocycles. The molecule has 0 aliphatic carbocycles. The second-order valence-corrected chi connectivity index (χ2v) is 5.61. The van der Waals surface area contributed by atoms with Gasteiger partial charge < -0.3 is 10.1 Å². The van der Waals surface area contributed by atoms with Crippen molar-refractivity contribution in [1.82, 2.24) is 5.32 Å². The zero-order chi connectivity index (χ0) is 13.1. The highest BCUT2D eigenvalue weighted by molar-refractivity contribution is 5.48.